The van der Waals surface area contributed by atoms with Crippen molar-refractivity contribution in [2.75, 3.05) is 20.8 Å². The molecule has 0 aromatic heterocycles. The van der Waals surface area contributed by atoms with E-state index in [-0.39, 0.29) is 18.6 Å². The van der Waals surface area contributed by atoms with Gasteiger partial charge in [-0.15, -0.1) is 0 Å². The average Bonchev–Trinajstić information content (AvgIpc) is 2.60. The number of ether oxygens (including phenoxy) is 1. The molecule has 122 valence electrons. The number of nitrogens with zero attached hydrogens (tertiary/aromatic N) is 1. The van der Waals surface area contributed by atoms with Gasteiger partial charge in [-0.25, -0.2) is 4.79 Å². The fraction of sp³-hybridized carbons (Fsp3) is 0.316. The maximum absolute atomic E-state index is 11.5. The first kappa shape index (κ1) is 17.2. The lowest BCUT2D eigenvalue weighted by Gasteiger charge is -2.28. The van der Waals surface area contributed by atoms with Gasteiger partial charge in [-0.2, -0.15) is 0 Å². The molecule has 0 saturated heterocycles. The number of aliphatic hydroxyl groups is 1. The molecule has 0 radical (unpaired) electrons. The van der Waals surface area contributed by atoms with Gasteiger partial charge in [0.25, 0.3) is 0 Å². The molecule has 1 atom stereocenters. The SMILES string of the molecule is COC(=O)c1ccc(CN(C)C(CCO)c2ccccc2)cc1. The van der Waals surface area contributed by atoms with Gasteiger partial charge in [0.1, 0.15) is 0 Å². The molecule has 0 spiro atoms. The van der Waals surface area contributed by atoms with Gasteiger partial charge in [-0.1, -0.05) is 42.5 Å². The third kappa shape index (κ3) is 4.65. The zero-order chi connectivity index (χ0) is 16.7. The third-order valence-electron chi connectivity index (χ3n) is 3.93. The van der Waals surface area contributed by atoms with E-state index in [0.29, 0.717) is 12.0 Å². The maximum atomic E-state index is 11.5. The molecule has 2 rings (SSSR count). The predicted molar refractivity (Wildman–Crippen MR) is 90.1 cm³/mol. The summed E-state index contributed by atoms with van der Waals surface area (Å²) in [5.74, 6) is -0.327. The van der Waals surface area contributed by atoms with E-state index in [0.717, 1.165) is 12.1 Å². The van der Waals surface area contributed by atoms with Crippen LogP contribution in [0.15, 0.2) is 54.6 Å². The summed E-state index contributed by atoms with van der Waals surface area (Å²) in [6.07, 6.45) is 0.681. The first-order valence-corrected chi connectivity index (χ1v) is 7.69. The van der Waals surface area contributed by atoms with Crippen LogP contribution in [0.5, 0.6) is 0 Å². The molecule has 23 heavy (non-hydrogen) atoms. The van der Waals surface area contributed by atoms with E-state index < -0.39 is 0 Å². The Morgan fingerprint density at radius 1 is 1.13 bits per heavy atom. The number of benzene rings is 2. The fourth-order valence-electron chi connectivity index (χ4n) is 2.70. The number of methoxy groups -OCH3 is 1. The van der Waals surface area contributed by atoms with E-state index in [1.807, 2.05) is 37.4 Å². The van der Waals surface area contributed by atoms with E-state index in [1.54, 1.807) is 12.1 Å². The van der Waals surface area contributed by atoms with Crippen LogP contribution in [0, 0.1) is 0 Å². The standard InChI is InChI=1S/C19H23NO3/c1-20(18(12-13-21)16-6-4-3-5-7-16)14-15-8-10-17(11-9-15)19(22)23-2/h3-11,18,21H,12-14H2,1-2H3. The van der Waals surface area contributed by atoms with Crippen molar-refractivity contribution in [2.45, 2.75) is 19.0 Å². The number of esters is 1. The molecule has 4 nitrogen and oxygen atoms in total. The Labute approximate surface area is 137 Å². The first-order chi connectivity index (χ1) is 11.2. The number of hydrogen-bond donors (Lipinski definition) is 1. The van der Waals surface area contributed by atoms with E-state index in [2.05, 4.69) is 17.0 Å². The number of aliphatic hydroxyl groups excluding tert-OH is 1. The summed E-state index contributed by atoms with van der Waals surface area (Å²) < 4.78 is 4.71. The van der Waals surface area contributed by atoms with E-state index in [1.165, 1.54) is 12.7 Å². The van der Waals surface area contributed by atoms with Crippen LogP contribution in [0.3, 0.4) is 0 Å². The molecule has 1 unspecified atom stereocenters. The van der Waals surface area contributed by atoms with Crippen molar-refractivity contribution in [2.24, 2.45) is 0 Å². The van der Waals surface area contributed by atoms with Crippen LogP contribution >= 0.6 is 0 Å². The van der Waals surface area contributed by atoms with Crippen molar-refractivity contribution in [3.8, 4) is 0 Å². The van der Waals surface area contributed by atoms with Crippen LogP contribution in [-0.2, 0) is 11.3 Å². The van der Waals surface area contributed by atoms with Crippen LogP contribution in [0.2, 0.25) is 0 Å². The highest BCUT2D eigenvalue weighted by Crippen LogP contribution is 2.24. The summed E-state index contributed by atoms with van der Waals surface area (Å²) in [4.78, 5) is 13.7. The molecule has 0 aliphatic rings. The van der Waals surface area contributed by atoms with Gasteiger partial charge in [0.05, 0.1) is 12.7 Å². The highest BCUT2D eigenvalue weighted by Gasteiger charge is 2.16. The molecule has 0 fully saturated rings. The second kappa shape index (κ2) is 8.46. The lowest BCUT2D eigenvalue weighted by molar-refractivity contribution is 0.0600. The third-order valence-corrected chi connectivity index (χ3v) is 3.93. The van der Waals surface area contributed by atoms with Crippen molar-refractivity contribution in [3.63, 3.8) is 0 Å². The molecule has 0 bridgehead atoms. The van der Waals surface area contributed by atoms with Gasteiger partial charge in [0.2, 0.25) is 0 Å². The molecule has 4 heteroatoms. The normalized spacial score (nSPS) is 12.2. The minimum absolute atomic E-state index is 0.144. The van der Waals surface area contributed by atoms with Crippen LogP contribution in [0.1, 0.15) is 33.9 Å². The first-order valence-electron chi connectivity index (χ1n) is 7.69. The van der Waals surface area contributed by atoms with Crippen molar-refractivity contribution in [3.05, 3.63) is 71.3 Å². The van der Waals surface area contributed by atoms with Crippen molar-refractivity contribution in [1.29, 1.82) is 0 Å². The topological polar surface area (TPSA) is 49.8 Å². The Hall–Kier alpha value is -2.17. The summed E-state index contributed by atoms with van der Waals surface area (Å²) in [6, 6.07) is 17.8. The average molecular weight is 313 g/mol. The van der Waals surface area contributed by atoms with Gasteiger partial charge < -0.3 is 9.84 Å². The molecular weight excluding hydrogens is 290 g/mol. The lowest BCUT2D eigenvalue weighted by atomic mass is 10.0. The molecule has 0 amide bonds. The summed E-state index contributed by atoms with van der Waals surface area (Å²) in [7, 11) is 3.42. The van der Waals surface area contributed by atoms with E-state index in [9.17, 15) is 9.90 Å². The molecule has 0 aliphatic heterocycles. The highest BCUT2D eigenvalue weighted by atomic mass is 16.5. The largest absolute Gasteiger partial charge is 0.465 e. The number of hydrogen-bond acceptors (Lipinski definition) is 4. The summed E-state index contributed by atoms with van der Waals surface area (Å²) >= 11 is 0. The summed E-state index contributed by atoms with van der Waals surface area (Å²) in [5, 5.41) is 9.36. The maximum Gasteiger partial charge on any atom is 0.337 e. The zero-order valence-electron chi connectivity index (χ0n) is 13.6. The summed E-state index contributed by atoms with van der Waals surface area (Å²) in [6.45, 7) is 0.881. The second-order valence-corrected chi connectivity index (χ2v) is 5.54. The molecule has 2 aromatic rings. The monoisotopic (exact) mass is 313 g/mol. The Bertz CT molecular complexity index is 610. The Kier molecular flexibility index (Phi) is 6.32. The predicted octanol–water partition coefficient (Wildman–Crippen LogP) is 3.03. The Morgan fingerprint density at radius 2 is 1.78 bits per heavy atom. The van der Waals surface area contributed by atoms with Crippen molar-refractivity contribution < 1.29 is 14.6 Å². The highest BCUT2D eigenvalue weighted by molar-refractivity contribution is 5.89. The minimum Gasteiger partial charge on any atom is -0.465 e. The van der Waals surface area contributed by atoms with Crippen LogP contribution in [0.25, 0.3) is 0 Å². The molecule has 0 saturated carbocycles. The van der Waals surface area contributed by atoms with E-state index >= 15 is 0 Å². The quantitative estimate of drug-likeness (QED) is 0.798. The lowest BCUT2D eigenvalue weighted by Crippen LogP contribution is -2.25. The summed E-state index contributed by atoms with van der Waals surface area (Å²) in [5.41, 5.74) is 2.85. The van der Waals surface area contributed by atoms with E-state index in [4.69, 9.17) is 4.74 Å². The number of carbonyl (C=O) groups excluding carboxylic acids is 1. The molecular formula is C19H23NO3. The second-order valence-electron chi connectivity index (χ2n) is 5.54. The zero-order valence-corrected chi connectivity index (χ0v) is 13.6. The van der Waals surface area contributed by atoms with Gasteiger partial charge >= 0.3 is 5.97 Å². The number of rotatable bonds is 7. The van der Waals surface area contributed by atoms with Gasteiger partial charge in [-0.05, 0) is 36.7 Å². The van der Waals surface area contributed by atoms with Gasteiger partial charge in [0.15, 0.2) is 0 Å². The van der Waals surface area contributed by atoms with Crippen molar-refractivity contribution >= 4 is 5.97 Å². The molecule has 0 aliphatic carbocycles. The van der Waals surface area contributed by atoms with Crippen LogP contribution in [-0.4, -0.2) is 36.7 Å². The molecule has 2 aromatic carbocycles. The minimum atomic E-state index is -0.327. The Balaban J connectivity index is 2.09. The fourth-order valence-corrected chi connectivity index (χ4v) is 2.70. The van der Waals surface area contributed by atoms with Crippen LogP contribution < -0.4 is 0 Å². The number of carbonyl (C=O) groups is 1. The van der Waals surface area contributed by atoms with Gasteiger partial charge in [0, 0.05) is 19.2 Å². The molecule has 1 N–H and O–H groups in total. The molecule has 0 heterocycles. The Morgan fingerprint density at radius 3 is 2.35 bits per heavy atom. The van der Waals surface area contributed by atoms with Crippen molar-refractivity contribution in [1.82, 2.24) is 4.90 Å². The smallest absolute Gasteiger partial charge is 0.337 e. The van der Waals surface area contributed by atoms with Gasteiger partial charge in [-0.3, -0.25) is 4.90 Å². The van der Waals surface area contributed by atoms with Crippen LogP contribution in [0.4, 0.5) is 0 Å².